The van der Waals surface area contributed by atoms with Crippen LogP contribution in [0.4, 0.5) is 5.69 Å². The number of ether oxygens (including phenoxy) is 5. The van der Waals surface area contributed by atoms with E-state index in [9.17, 15) is 9.59 Å². The van der Waals surface area contributed by atoms with Gasteiger partial charge < -0.3 is 34.0 Å². The first-order chi connectivity index (χ1) is 14.8. The first-order valence-electron chi connectivity index (χ1n) is 9.22. The number of carbonyl (C=O) groups is 2. The molecular weight excluding hydrogens is 426 g/mol. The number of hydrogen-bond donors (Lipinski definition) is 2. The van der Waals surface area contributed by atoms with Gasteiger partial charge in [0.15, 0.2) is 29.0 Å². The van der Waals surface area contributed by atoms with Gasteiger partial charge in [-0.25, -0.2) is 9.78 Å². The van der Waals surface area contributed by atoms with Crippen LogP contribution < -0.4 is 14.8 Å². The summed E-state index contributed by atoms with van der Waals surface area (Å²) in [7, 11) is 3.06. The number of nitrogens with zero attached hydrogens (tertiary/aromatic N) is 1. The molecule has 2 aromatic rings. The van der Waals surface area contributed by atoms with Gasteiger partial charge in [-0.15, -0.1) is 0 Å². The SMILES string of the molecule is COc1ccc(NC(=O)CSc2ncc(C(=O)OCC3=COC(C)(C)O3)[nH]2)cc1OC. The van der Waals surface area contributed by atoms with Crippen molar-refractivity contribution in [3.63, 3.8) is 0 Å². The molecule has 1 aromatic carbocycles. The zero-order valence-corrected chi connectivity index (χ0v) is 18.3. The van der Waals surface area contributed by atoms with E-state index in [4.69, 9.17) is 23.7 Å². The number of methoxy groups -OCH3 is 2. The van der Waals surface area contributed by atoms with Gasteiger partial charge in [0.1, 0.15) is 12.0 Å². The minimum Gasteiger partial charge on any atom is -0.493 e. The van der Waals surface area contributed by atoms with Crippen LogP contribution in [0.25, 0.3) is 0 Å². The Hall–Kier alpha value is -3.34. The number of hydrogen-bond acceptors (Lipinski definition) is 9. The molecule has 10 nitrogen and oxygen atoms in total. The van der Waals surface area contributed by atoms with Crippen molar-refractivity contribution in [1.29, 1.82) is 0 Å². The van der Waals surface area contributed by atoms with E-state index in [-0.39, 0.29) is 24.0 Å². The van der Waals surface area contributed by atoms with Gasteiger partial charge in [0.05, 0.1) is 26.2 Å². The van der Waals surface area contributed by atoms with Crippen LogP contribution in [0.2, 0.25) is 0 Å². The van der Waals surface area contributed by atoms with Gasteiger partial charge in [0.2, 0.25) is 11.7 Å². The van der Waals surface area contributed by atoms with Gasteiger partial charge in [-0.1, -0.05) is 11.8 Å². The van der Waals surface area contributed by atoms with Crippen LogP contribution in [0.1, 0.15) is 24.3 Å². The first-order valence-corrected chi connectivity index (χ1v) is 10.2. The summed E-state index contributed by atoms with van der Waals surface area (Å²) < 4.78 is 26.3. The molecule has 0 bridgehead atoms. The molecule has 0 atom stereocenters. The Morgan fingerprint density at radius 3 is 2.68 bits per heavy atom. The third-order valence-corrected chi connectivity index (χ3v) is 4.86. The second-order valence-corrected chi connectivity index (χ2v) is 7.75. The highest BCUT2D eigenvalue weighted by Crippen LogP contribution is 2.30. The number of esters is 1. The molecule has 1 aromatic heterocycles. The minimum absolute atomic E-state index is 0.0580. The molecule has 2 N–H and O–H groups in total. The van der Waals surface area contributed by atoms with E-state index in [2.05, 4.69) is 15.3 Å². The van der Waals surface area contributed by atoms with Crippen molar-refractivity contribution in [3.8, 4) is 11.5 Å². The number of nitrogens with one attached hydrogen (secondary N) is 2. The summed E-state index contributed by atoms with van der Waals surface area (Å²) in [5.74, 6) is -0.0261. The number of benzene rings is 1. The Morgan fingerprint density at radius 2 is 2.00 bits per heavy atom. The van der Waals surface area contributed by atoms with Gasteiger partial charge in [-0.05, 0) is 12.1 Å². The standard InChI is InChI=1S/C20H23N3O7S/c1-20(2)29-10-13(30-20)9-28-18(25)14-8-21-19(23-14)31-11-17(24)22-12-5-6-15(26-3)16(7-12)27-4/h5-8,10H,9,11H2,1-4H3,(H,21,23)(H,22,24). The van der Waals surface area contributed by atoms with Crippen molar-refractivity contribution in [1.82, 2.24) is 9.97 Å². The fourth-order valence-corrected chi connectivity index (χ4v) is 3.22. The zero-order chi connectivity index (χ0) is 22.4. The first kappa shape index (κ1) is 22.3. The second-order valence-electron chi connectivity index (χ2n) is 6.79. The van der Waals surface area contributed by atoms with Crippen molar-refractivity contribution >= 4 is 29.3 Å². The molecule has 0 radical (unpaired) electrons. The quantitative estimate of drug-likeness (QED) is 0.439. The normalized spacial score (nSPS) is 14.1. The molecule has 1 amide bonds. The van der Waals surface area contributed by atoms with Crippen LogP contribution >= 0.6 is 11.8 Å². The highest BCUT2D eigenvalue weighted by molar-refractivity contribution is 7.99. The Bertz CT molecular complexity index is 987. The average Bonchev–Trinajstić information content (AvgIpc) is 3.36. The molecule has 0 saturated carbocycles. The van der Waals surface area contributed by atoms with E-state index in [0.29, 0.717) is 28.1 Å². The van der Waals surface area contributed by atoms with Crippen LogP contribution in [0.5, 0.6) is 11.5 Å². The summed E-state index contributed by atoms with van der Waals surface area (Å²) in [6, 6.07) is 5.07. The Kier molecular flexibility index (Phi) is 6.95. The Labute approximate surface area is 183 Å². The number of H-pyrrole nitrogens is 1. The molecule has 0 saturated heterocycles. The van der Waals surface area contributed by atoms with E-state index in [1.807, 2.05) is 0 Å². The highest BCUT2D eigenvalue weighted by Gasteiger charge is 2.28. The second kappa shape index (κ2) is 9.65. The molecule has 11 heteroatoms. The smallest absolute Gasteiger partial charge is 0.356 e. The number of aromatic nitrogens is 2. The third-order valence-electron chi connectivity index (χ3n) is 3.98. The van der Waals surface area contributed by atoms with Gasteiger partial charge in [0, 0.05) is 25.6 Å². The molecule has 1 aliphatic rings. The molecule has 1 aliphatic heterocycles. The summed E-state index contributed by atoms with van der Waals surface area (Å²) in [6.45, 7) is 3.44. The zero-order valence-electron chi connectivity index (χ0n) is 17.5. The molecule has 0 spiro atoms. The maximum absolute atomic E-state index is 12.2. The molecule has 0 fully saturated rings. The van der Waals surface area contributed by atoms with Crippen molar-refractivity contribution in [3.05, 3.63) is 42.1 Å². The molecular formula is C20H23N3O7S. The topological polar surface area (TPSA) is 121 Å². The van der Waals surface area contributed by atoms with Crippen LogP contribution in [0, 0.1) is 0 Å². The lowest BCUT2D eigenvalue weighted by atomic mass is 10.2. The van der Waals surface area contributed by atoms with Crippen molar-refractivity contribution in [2.24, 2.45) is 0 Å². The van der Waals surface area contributed by atoms with E-state index in [0.717, 1.165) is 11.8 Å². The summed E-state index contributed by atoms with van der Waals surface area (Å²) in [4.78, 5) is 31.3. The molecule has 166 valence electrons. The Balaban J connectivity index is 1.46. The van der Waals surface area contributed by atoms with E-state index < -0.39 is 11.8 Å². The summed E-state index contributed by atoms with van der Waals surface area (Å²) in [6.07, 6.45) is 2.76. The van der Waals surface area contributed by atoms with Gasteiger partial charge >= 0.3 is 5.97 Å². The minimum atomic E-state index is -0.767. The number of imidazole rings is 1. The van der Waals surface area contributed by atoms with E-state index in [1.165, 1.54) is 26.7 Å². The monoisotopic (exact) mass is 449 g/mol. The van der Waals surface area contributed by atoms with Crippen LogP contribution in [-0.4, -0.2) is 54.2 Å². The van der Waals surface area contributed by atoms with E-state index in [1.54, 1.807) is 32.0 Å². The number of thioether (sulfide) groups is 1. The number of amides is 1. The maximum Gasteiger partial charge on any atom is 0.356 e. The largest absolute Gasteiger partial charge is 0.493 e. The van der Waals surface area contributed by atoms with Gasteiger partial charge in [-0.2, -0.15) is 0 Å². The number of anilines is 1. The summed E-state index contributed by atoms with van der Waals surface area (Å²) in [5.41, 5.74) is 0.740. The molecule has 3 rings (SSSR count). The fourth-order valence-electron chi connectivity index (χ4n) is 2.57. The molecule has 0 aliphatic carbocycles. The molecule has 0 unspecified atom stereocenters. The lowest BCUT2D eigenvalue weighted by Crippen LogP contribution is -2.21. The number of rotatable bonds is 9. The van der Waals surface area contributed by atoms with E-state index >= 15 is 0 Å². The van der Waals surface area contributed by atoms with Crippen LogP contribution in [0.3, 0.4) is 0 Å². The predicted molar refractivity (Wildman–Crippen MR) is 112 cm³/mol. The average molecular weight is 449 g/mol. The summed E-state index contributed by atoms with van der Waals surface area (Å²) >= 11 is 1.15. The molecule has 31 heavy (non-hydrogen) atoms. The molecule has 2 heterocycles. The van der Waals surface area contributed by atoms with Crippen molar-refractivity contribution in [2.75, 3.05) is 31.9 Å². The summed E-state index contributed by atoms with van der Waals surface area (Å²) in [5, 5.41) is 3.18. The Morgan fingerprint density at radius 1 is 1.23 bits per heavy atom. The van der Waals surface area contributed by atoms with Crippen LogP contribution in [-0.2, 0) is 19.0 Å². The maximum atomic E-state index is 12.2. The van der Waals surface area contributed by atoms with Crippen molar-refractivity contribution in [2.45, 2.75) is 24.8 Å². The van der Waals surface area contributed by atoms with Gasteiger partial charge in [0.25, 0.3) is 0 Å². The van der Waals surface area contributed by atoms with Gasteiger partial charge in [-0.3, -0.25) is 4.79 Å². The highest BCUT2D eigenvalue weighted by atomic mass is 32.2. The predicted octanol–water partition coefficient (Wildman–Crippen LogP) is 2.94. The van der Waals surface area contributed by atoms with Crippen LogP contribution in [0.15, 0.2) is 41.6 Å². The fraction of sp³-hybridized carbons (Fsp3) is 0.350. The third kappa shape index (κ3) is 6.07. The van der Waals surface area contributed by atoms with Crippen molar-refractivity contribution < 1.29 is 33.3 Å². The lowest BCUT2D eigenvalue weighted by molar-refractivity contribution is -0.120. The number of carbonyl (C=O) groups excluding carboxylic acids is 2. The number of aromatic amines is 1. The lowest BCUT2D eigenvalue weighted by Gasteiger charge is -2.17.